The van der Waals surface area contributed by atoms with Gasteiger partial charge in [0.05, 0.1) is 16.5 Å². The highest BCUT2D eigenvalue weighted by Gasteiger charge is 2.26. The molecular weight excluding hydrogens is 229 g/mol. The average molecular weight is 242 g/mol. The standard InChI is InChI=1S/C6H9Cl2NO.C2H4O2/c7-4-2-1-3-5(9-10)6(4)8;1-2(3)4/h4,6,10H,1-3H2;1H3,(H,3,4)/b9-5-;. The highest BCUT2D eigenvalue weighted by Crippen LogP contribution is 2.25. The topological polar surface area (TPSA) is 69.9 Å². The Balaban J connectivity index is 0.000000364. The van der Waals surface area contributed by atoms with Gasteiger partial charge in [-0.1, -0.05) is 5.16 Å². The molecule has 0 radical (unpaired) electrons. The molecule has 0 spiro atoms. The highest BCUT2D eigenvalue weighted by atomic mass is 35.5. The normalized spacial score (nSPS) is 29.2. The largest absolute Gasteiger partial charge is 0.481 e. The SMILES string of the molecule is CC(=O)O.O/N=C1/CCCC(Cl)C1Cl. The van der Waals surface area contributed by atoms with Crippen LogP contribution in [-0.2, 0) is 4.79 Å². The Labute approximate surface area is 92.5 Å². The van der Waals surface area contributed by atoms with E-state index in [0.29, 0.717) is 5.71 Å². The lowest BCUT2D eigenvalue weighted by Crippen LogP contribution is -2.29. The van der Waals surface area contributed by atoms with Gasteiger partial charge in [-0.3, -0.25) is 4.79 Å². The van der Waals surface area contributed by atoms with Gasteiger partial charge < -0.3 is 10.3 Å². The smallest absolute Gasteiger partial charge is 0.300 e. The van der Waals surface area contributed by atoms with Gasteiger partial charge in [-0.2, -0.15) is 0 Å². The predicted octanol–water partition coefficient (Wildman–Crippen LogP) is 2.31. The zero-order chi connectivity index (χ0) is 11.1. The number of carbonyl (C=O) groups is 1. The van der Waals surface area contributed by atoms with Crippen molar-refractivity contribution in [3.8, 4) is 0 Å². The van der Waals surface area contributed by atoms with Crippen LogP contribution in [0.3, 0.4) is 0 Å². The first-order valence-electron chi connectivity index (χ1n) is 4.17. The third kappa shape index (κ3) is 5.29. The van der Waals surface area contributed by atoms with Crippen LogP contribution in [0.1, 0.15) is 26.2 Å². The van der Waals surface area contributed by atoms with Crippen LogP contribution < -0.4 is 0 Å². The van der Waals surface area contributed by atoms with Gasteiger partial charge in [0.15, 0.2) is 0 Å². The molecule has 0 amide bonds. The molecule has 0 heterocycles. The third-order valence-corrected chi connectivity index (χ3v) is 2.83. The van der Waals surface area contributed by atoms with Crippen LogP contribution in [0.25, 0.3) is 0 Å². The van der Waals surface area contributed by atoms with Crippen LogP contribution in [0.5, 0.6) is 0 Å². The molecule has 0 aromatic rings. The summed E-state index contributed by atoms with van der Waals surface area (Å²) in [4.78, 5) is 9.00. The Morgan fingerprint density at radius 3 is 2.43 bits per heavy atom. The summed E-state index contributed by atoms with van der Waals surface area (Å²) in [6.45, 7) is 1.08. The van der Waals surface area contributed by atoms with Crippen LogP contribution in [0.2, 0.25) is 0 Å². The summed E-state index contributed by atoms with van der Waals surface area (Å²) in [7, 11) is 0. The minimum atomic E-state index is -0.833. The number of alkyl halides is 2. The van der Waals surface area contributed by atoms with E-state index in [2.05, 4.69) is 5.16 Å². The molecule has 82 valence electrons. The second-order valence-electron chi connectivity index (χ2n) is 2.92. The summed E-state index contributed by atoms with van der Waals surface area (Å²) >= 11 is 11.6. The zero-order valence-corrected chi connectivity index (χ0v) is 9.29. The van der Waals surface area contributed by atoms with E-state index in [1.807, 2.05) is 0 Å². The van der Waals surface area contributed by atoms with Crippen molar-refractivity contribution in [1.82, 2.24) is 0 Å². The Bertz CT molecular complexity index is 217. The van der Waals surface area contributed by atoms with Crippen molar-refractivity contribution in [2.75, 3.05) is 0 Å². The molecule has 1 saturated carbocycles. The predicted molar refractivity (Wildman–Crippen MR) is 55.7 cm³/mol. The summed E-state index contributed by atoms with van der Waals surface area (Å²) in [6.07, 6.45) is 2.65. The quantitative estimate of drug-likeness (QED) is 0.389. The minimum Gasteiger partial charge on any atom is -0.481 e. The summed E-state index contributed by atoms with van der Waals surface area (Å²) in [6, 6.07) is 0. The van der Waals surface area contributed by atoms with E-state index in [4.69, 9.17) is 38.3 Å². The summed E-state index contributed by atoms with van der Waals surface area (Å²) < 4.78 is 0. The van der Waals surface area contributed by atoms with Crippen molar-refractivity contribution in [3.05, 3.63) is 0 Å². The number of aliphatic carboxylic acids is 1. The number of halogens is 2. The molecule has 2 atom stereocenters. The fourth-order valence-corrected chi connectivity index (χ4v) is 1.65. The minimum absolute atomic E-state index is 0.0682. The zero-order valence-electron chi connectivity index (χ0n) is 7.78. The van der Waals surface area contributed by atoms with E-state index < -0.39 is 5.97 Å². The van der Waals surface area contributed by atoms with Crippen molar-refractivity contribution in [3.63, 3.8) is 0 Å². The third-order valence-electron chi connectivity index (χ3n) is 1.68. The molecule has 6 heteroatoms. The van der Waals surface area contributed by atoms with Gasteiger partial charge in [0.1, 0.15) is 0 Å². The molecule has 0 bridgehead atoms. The molecule has 0 aromatic carbocycles. The van der Waals surface area contributed by atoms with Gasteiger partial charge in [-0.25, -0.2) is 0 Å². The number of carboxylic acids is 1. The first-order chi connectivity index (χ1) is 6.49. The fourth-order valence-electron chi connectivity index (χ4n) is 1.08. The molecule has 14 heavy (non-hydrogen) atoms. The number of hydrogen-bond donors (Lipinski definition) is 2. The van der Waals surface area contributed by atoms with Crippen LogP contribution in [0, 0.1) is 0 Å². The fraction of sp³-hybridized carbons (Fsp3) is 0.750. The molecule has 0 aliphatic heterocycles. The lowest BCUT2D eigenvalue weighted by Gasteiger charge is -2.21. The maximum Gasteiger partial charge on any atom is 0.300 e. The van der Waals surface area contributed by atoms with E-state index in [9.17, 15) is 0 Å². The summed E-state index contributed by atoms with van der Waals surface area (Å²) in [5.41, 5.74) is 0.618. The van der Waals surface area contributed by atoms with Gasteiger partial charge in [-0.05, 0) is 19.3 Å². The maximum atomic E-state index is 9.00. The van der Waals surface area contributed by atoms with Gasteiger partial charge in [0.25, 0.3) is 5.97 Å². The Hall–Kier alpha value is -0.480. The Morgan fingerprint density at radius 2 is 2.07 bits per heavy atom. The van der Waals surface area contributed by atoms with Crippen molar-refractivity contribution < 1.29 is 15.1 Å². The Morgan fingerprint density at radius 1 is 1.57 bits per heavy atom. The number of oxime groups is 1. The maximum absolute atomic E-state index is 9.00. The first-order valence-corrected chi connectivity index (χ1v) is 5.04. The van der Waals surface area contributed by atoms with Crippen LogP contribution >= 0.6 is 23.2 Å². The van der Waals surface area contributed by atoms with E-state index in [1.54, 1.807) is 0 Å². The van der Waals surface area contributed by atoms with E-state index in [1.165, 1.54) is 0 Å². The number of carboxylic acid groups (broad SMARTS) is 1. The van der Waals surface area contributed by atoms with E-state index in [-0.39, 0.29) is 10.8 Å². The van der Waals surface area contributed by atoms with E-state index >= 15 is 0 Å². The number of nitrogens with zero attached hydrogens (tertiary/aromatic N) is 1. The lowest BCUT2D eigenvalue weighted by molar-refractivity contribution is -0.134. The van der Waals surface area contributed by atoms with E-state index in [0.717, 1.165) is 26.2 Å². The monoisotopic (exact) mass is 241 g/mol. The van der Waals surface area contributed by atoms with Gasteiger partial charge in [-0.15, -0.1) is 23.2 Å². The van der Waals surface area contributed by atoms with Crippen LogP contribution in [-0.4, -0.2) is 32.7 Å². The molecule has 1 aliphatic carbocycles. The molecule has 0 aromatic heterocycles. The molecule has 1 aliphatic rings. The van der Waals surface area contributed by atoms with Crippen LogP contribution in [0.4, 0.5) is 0 Å². The second kappa shape index (κ2) is 6.90. The first kappa shape index (κ1) is 13.5. The lowest BCUT2D eigenvalue weighted by atomic mass is 9.98. The van der Waals surface area contributed by atoms with Crippen molar-refractivity contribution in [2.45, 2.75) is 36.9 Å². The molecular formula is C8H13Cl2NO3. The number of rotatable bonds is 0. The molecule has 2 N–H and O–H groups in total. The molecule has 1 fully saturated rings. The molecule has 4 nitrogen and oxygen atoms in total. The molecule has 2 unspecified atom stereocenters. The van der Waals surface area contributed by atoms with Crippen LogP contribution in [0.15, 0.2) is 5.16 Å². The van der Waals surface area contributed by atoms with Gasteiger partial charge in [0.2, 0.25) is 0 Å². The van der Waals surface area contributed by atoms with Crippen molar-refractivity contribution in [1.29, 1.82) is 0 Å². The van der Waals surface area contributed by atoms with Crippen molar-refractivity contribution in [2.24, 2.45) is 5.16 Å². The van der Waals surface area contributed by atoms with Gasteiger partial charge in [0, 0.05) is 6.92 Å². The summed E-state index contributed by atoms with van der Waals surface area (Å²) in [5, 5.41) is 18.6. The molecule has 0 saturated heterocycles. The highest BCUT2D eigenvalue weighted by molar-refractivity contribution is 6.38. The Kier molecular flexibility index (Phi) is 6.66. The second-order valence-corrected chi connectivity index (χ2v) is 3.95. The number of hydrogen-bond acceptors (Lipinski definition) is 3. The average Bonchev–Trinajstić information content (AvgIpc) is 2.09. The van der Waals surface area contributed by atoms with Crippen molar-refractivity contribution >= 4 is 34.9 Å². The summed E-state index contributed by atoms with van der Waals surface area (Å²) in [5.74, 6) is -0.833. The van der Waals surface area contributed by atoms with Gasteiger partial charge >= 0.3 is 0 Å². The molecule has 1 rings (SSSR count).